The maximum Gasteiger partial charge on any atom is 0.132 e. The van der Waals surface area contributed by atoms with Crippen molar-refractivity contribution in [3.05, 3.63) is 16.1 Å². The standard InChI is InChI=1S/C11H15NOS/c1-2-11-12-10(7-14-11)8-3-5-9(13)6-4-8/h7-8H,2-6H2,1H3. The first kappa shape index (κ1) is 9.84. The van der Waals surface area contributed by atoms with Crippen molar-refractivity contribution >= 4 is 17.1 Å². The van der Waals surface area contributed by atoms with Gasteiger partial charge < -0.3 is 0 Å². The summed E-state index contributed by atoms with van der Waals surface area (Å²) in [4.78, 5) is 15.7. The van der Waals surface area contributed by atoms with Gasteiger partial charge in [-0.2, -0.15) is 0 Å². The molecule has 0 atom stereocenters. The van der Waals surface area contributed by atoms with Gasteiger partial charge in [-0.25, -0.2) is 4.98 Å². The fourth-order valence-electron chi connectivity index (χ4n) is 1.91. The molecule has 3 heteroatoms. The van der Waals surface area contributed by atoms with Crippen LogP contribution in [0.2, 0.25) is 0 Å². The predicted octanol–water partition coefficient (Wildman–Crippen LogP) is 2.93. The molecule has 14 heavy (non-hydrogen) atoms. The molecule has 0 aromatic carbocycles. The Bertz CT molecular complexity index is 322. The van der Waals surface area contributed by atoms with Gasteiger partial charge in [0.1, 0.15) is 5.78 Å². The second-order valence-corrected chi connectivity index (χ2v) is 4.78. The average molecular weight is 209 g/mol. The molecule has 0 bridgehead atoms. The largest absolute Gasteiger partial charge is 0.300 e. The zero-order chi connectivity index (χ0) is 9.97. The van der Waals surface area contributed by atoms with Gasteiger partial charge in [-0.1, -0.05) is 6.92 Å². The number of carbonyl (C=O) groups is 1. The number of nitrogens with zero attached hydrogens (tertiary/aromatic N) is 1. The summed E-state index contributed by atoms with van der Waals surface area (Å²) in [6.07, 6.45) is 4.54. The Labute approximate surface area is 88.4 Å². The molecular weight excluding hydrogens is 194 g/mol. The van der Waals surface area contributed by atoms with Crippen LogP contribution < -0.4 is 0 Å². The molecule has 1 aromatic rings. The number of aryl methyl sites for hydroxylation is 1. The van der Waals surface area contributed by atoms with E-state index < -0.39 is 0 Å². The van der Waals surface area contributed by atoms with Gasteiger partial charge in [-0.3, -0.25) is 4.79 Å². The van der Waals surface area contributed by atoms with Crippen LogP contribution in [0, 0.1) is 0 Å². The number of Topliss-reactive ketones (excluding diaryl/α,β-unsaturated/α-hetero) is 1. The van der Waals surface area contributed by atoms with E-state index in [-0.39, 0.29) is 0 Å². The lowest BCUT2D eigenvalue weighted by Gasteiger charge is -2.18. The molecule has 1 aliphatic carbocycles. The summed E-state index contributed by atoms with van der Waals surface area (Å²) in [5, 5.41) is 3.39. The molecule has 0 radical (unpaired) electrons. The van der Waals surface area contributed by atoms with Gasteiger partial charge in [-0.05, 0) is 19.3 Å². The maximum absolute atomic E-state index is 11.1. The van der Waals surface area contributed by atoms with Crippen LogP contribution in [0.5, 0.6) is 0 Å². The van der Waals surface area contributed by atoms with E-state index in [0.29, 0.717) is 11.7 Å². The molecule has 1 aromatic heterocycles. The SMILES string of the molecule is CCc1nc(C2CCC(=O)CC2)cs1. The number of hydrogen-bond acceptors (Lipinski definition) is 3. The highest BCUT2D eigenvalue weighted by Crippen LogP contribution is 2.31. The lowest BCUT2D eigenvalue weighted by atomic mass is 9.87. The quantitative estimate of drug-likeness (QED) is 0.749. The minimum Gasteiger partial charge on any atom is -0.300 e. The number of hydrogen-bond donors (Lipinski definition) is 0. The molecule has 2 nitrogen and oxygen atoms in total. The van der Waals surface area contributed by atoms with Gasteiger partial charge in [0.15, 0.2) is 0 Å². The summed E-state index contributed by atoms with van der Waals surface area (Å²) < 4.78 is 0. The Balaban J connectivity index is 2.04. The third kappa shape index (κ3) is 2.03. The van der Waals surface area contributed by atoms with Gasteiger partial charge in [0.05, 0.1) is 10.7 Å². The molecule has 1 heterocycles. The topological polar surface area (TPSA) is 30.0 Å². The number of ketones is 1. The van der Waals surface area contributed by atoms with Crippen LogP contribution in [-0.4, -0.2) is 10.8 Å². The van der Waals surface area contributed by atoms with E-state index in [4.69, 9.17) is 0 Å². The van der Waals surface area contributed by atoms with Crippen LogP contribution >= 0.6 is 11.3 Å². The van der Waals surface area contributed by atoms with Crippen molar-refractivity contribution in [2.24, 2.45) is 0 Å². The third-order valence-corrected chi connectivity index (χ3v) is 3.84. The Hall–Kier alpha value is -0.700. The third-order valence-electron chi connectivity index (χ3n) is 2.83. The summed E-state index contributed by atoms with van der Waals surface area (Å²) in [6, 6.07) is 0. The van der Waals surface area contributed by atoms with Crippen LogP contribution in [0.1, 0.15) is 49.2 Å². The van der Waals surface area contributed by atoms with Gasteiger partial charge in [0.2, 0.25) is 0 Å². The highest BCUT2D eigenvalue weighted by molar-refractivity contribution is 7.09. The van der Waals surface area contributed by atoms with E-state index in [1.807, 2.05) is 0 Å². The Morgan fingerprint density at radius 1 is 1.50 bits per heavy atom. The zero-order valence-electron chi connectivity index (χ0n) is 8.45. The molecule has 0 aliphatic heterocycles. The number of rotatable bonds is 2. The molecule has 0 saturated heterocycles. The summed E-state index contributed by atoms with van der Waals surface area (Å²) in [7, 11) is 0. The highest BCUT2D eigenvalue weighted by Gasteiger charge is 2.21. The molecule has 2 rings (SSSR count). The Morgan fingerprint density at radius 2 is 2.21 bits per heavy atom. The van der Waals surface area contributed by atoms with E-state index in [1.54, 1.807) is 11.3 Å². The van der Waals surface area contributed by atoms with Gasteiger partial charge in [0.25, 0.3) is 0 Å². The van der Waals surface area contributed by atoms with Crippen molar-refractivity contribution in [3.63, 3.8) is 0 Å². The normalized spacial score (nSPS) is 18.8. The Morgan fingerprint density at radius 3 is 2.79 bits per heavy atom. The Kier molecular flexibility index (Phi) is 2.96. The van der Waals surface area contributed by atoms with Crippen molar-refractivity contribution in [1.82, 2.24) is 4.98 Å². The molecule has 1 saturated carbocycles. The number of thiazole rings is 1. The van der Waals surface area contributed by atoms with Crippen molar-refractivity contribution in [2.45, 2.75) is 44.9 Å². The minimum absolute atomic E-state index is 0.423. The van der Waals surface area contributed by atoms with Crippen molar-refractivity contribution in [1.29, 1.82) is 0 Å². The summed E-state index contributed by atoms with van der Waals surface area (Å²) in [6.45, 7) is 2.13. The zero-order valence-corrected chi connectivity index (χ0v) is 9.27. The van der Waals surface area contributed by atoms with Crippen molar-refractivity contribution < 1.29 is 4.79 Å². The van der Waals surface area contributed by atoms with E-state index in [1.165, 1.54) is 10.7 Å². The molecule has 0 amide bonds. The monoisotopic (exact) mass is 209 g/mol. The molecule has 1 fully saturated rings. The van der Waals surface area contributed by atoms with Crippen LogP contribution in [0.25, 0.3) is 0 Å². The van der Waals surface area contributed by atoms with Crippen LogP contribution in [0.4, 0.5) is 0 Å². The molecular formula is C11H15NOS. The predicted molar refractivity (Wildman–Crippen MR) is 57.7 cm³/mol. The molecule has 1 aliphatic rings. The van der Waals surface area contributed by atoms with Crippen LogP contribution in [-0.2, 0) is 11.2 Å². The first-order valence-corrected chi connectivity index (χ1v) is 6.13. The lowest BCUT2D eigenvalue weighted by Crippen LogP contribution is -2.12. The van der Waals surface area contributed by atoms with Crippen LogP contribution in [0.3, 0.4) is 0 Å². The van der Waals surface area contributed by atoms with Crippen molar-refractivity contribution in [3.8, 4) is 0 Å². The number of carbonyl (C=O) groups excluding carboxylic acids is 1. The first-order valence-electron chi connectivity index (χ1n) is 5.25. The fraction of sp³-hybridized carbons (Fsp3) is 0.636. The summed E-state index contributed by atoms with van der Waals surface area (Å²) in [5.74, 6) is 0.969. The van der Waals surface area contributed by atoms with Gasteiger partial charge >= 0.3 is 0 Å². The van der Waals surface area contributed by atoms with Crippen LogP contribution in [0.15, 0.2) is 5.38 Å². The smallest absolute Gasteiger partial charge is 0.132 e. The van der Waals surface area contributed by atoms with E-state index in [2.05, 4.69) is 17.3 Å². The highest BCUT2D eigenvalue weighted by atomic mass is 32.1. The minimum atomic E-state index is 0.423. The number of aromatic nitrogens is 1. The average Bonchev–Trinajstić information content (AvgIpc) is 2.67. The first-order chi connectivity index (χ1) is 6.79. The second kappa shape index (κ2) is 4.22. The lowest BCUT2D eigenvalue weighted by molar-refractivity contribution is -0.120. The maximum atomic E-state index is 11.1. The van der Waals surface area contributed by atoms with Gasteiger partial charge in [0, 0.05) is 24.1 Å². The summed E-state index contributed by atoms with van der Waals surface area (Å²) >= 11 is 1.75. The molecule has 76 valence electrons. The van der Waals surface area contributed by atoms with Gasteiger partial charge in [-0.15, -0.1) is 11.3 Å². The van der Waals surface area contributed by atoms with E-state index in [0.717, 1.165) is 32.1 Å². The van der Waals surface area contributed by atoms with Crippen molar-refractivity contribution in [2.75, 3.05) is 0 Å². The molecule has 0 N–H and O–H groups in total. The van der Waals surface area contributed by atoms with E-state index in [9.17, 15) is 4.79 Å². The second-order valence-electron chi connectivity index (χ2n) is 3.83. The van der Waals surface area contributed by atoms with E-state index >= 15 is 0 Å². The fourth-order valence-corrected chi connectivity index (χ4v) is 2.74. The molecule has 0 spiro atoms. The summed E-state index contributed by atoms with van der Waals surface area (Å²) in [5.41, 5.74) is 1.22. The molecule has 0 unspecified atom stereocenters.